The Morgan fingerprint density at radius 3 is 1.52 bits per heavy atom. The summed E-state index contributed by atoms with van der Waals surface area (Å²) in [5.41, 5.74) is 7.14. The number of carbonyl (C=O) groups excluding carboxylic acids is 2. The number of rotatable bonds is 4. The zero-order valence-corrected chi connectivity index (χ0v) is 24.3. The largest absolute Gasteiger partial charge is 0.308 e. The summed E-state index contributed by atoms with van der Waals surface area (Å²) in [7, 11) is 0. The third-order valence-electron chi connectivity index (χ3n) is 8.59. The van der Waals surface area contributed by atoms with Crippen molar-refractivity contribution in [1.29, 1.82) is 10.5 Å². The molecule has 1 aliphatic rings. The highest BCUT2D eigenvalue weighted by atomic mass is 16.2. The Morgan fingerprint density at radius 1 is 0.500 bits per heavy atom. The van der Waals surface area contributed by atoms with E-state index in [1.165, 1.54) is 4.90 Å². The van der Waals surface area contributed by atoms with Crippen molar-refractivity contribution in [3.05, 3.63) is 156 Å². The number of imide groups is 1. The molecule has 0 radical (unpaired) electrons. The van der Waals surface area contributed by atoms with Crippen LogP contribution in [0, 0.1) is 22.7 Å². The second kappa shape index (κ2) is 10.4. The molecule has 6 heteroatoms. The van der Waals surface area contributed by atoms with Crippen LogP contribution in [0.2, 0.25) is 0 Å². The van der Waals surface area contributed by atoms with Gasteiger partial charge in [0.1, 0.15) is 0 Å². The van der Waals surface area contributed by atoms with Gasteiger partial charge in [-0.15, -0.1) is 0 Å². The highest BCUT2D eigenvalue weighted by molar-refractivity contribution is 6.37. The molecule has 0 N–H and O–H groups in total. The van der Waals surface area contributed by atoms with E-state index in [1.807, 2.05) is 102 Å². The van der Waals surface area contributed by atoms with Gasteiger partial charge in [0.15, 0.2) is 0 Å². The molecule has 0 bridgehead atoms. The first-order valence-corrected chi connectivity index (χ1v) is 14.7. The molecule has 2 heterocycles. The molecule has 0 saturated carbocycles. The lowest BCUT2D eigenvalue weighted by Crippen LogP contribution is -2.30. The van der Waals surface area contributed by atoms with Crippen molar-refractivity contribution in [2.24, 2.45) is 0 Å². The average Bonchev–Trinajstić information content (AvgIpc) is 3.57. The molecule has 0 aliphatic carbocycles. The van der Waals surface area contributed by atoms with E-state index in [-0.39, 0.29) is 11.1 Å². The Hall–Kier alpha value is -6.76. The van der Waals surface area contributed by atoms with Gasteiger partial charge < -0.3 is 4.57 Å². The van der Waals surface area contributed by atoms with Crippen LogP contribution in [0.25, 0.3) is 49.7 Å². The fourth-order valence-corrected chi connectivity index (χ4v) is 6.56. The lowest BCUT2D eigenvalue weighted by Gasteiger charge is -2.23. The molecule has 8 rings (SSSR count). The molecule has 0 unspecified atom stereocenters. The van der Waals surface area contributed by atoms with E-state index in [0.29, 0.717) is 33.5 Å². The molecule has 0 spiro atoms. The number of anilines is 1. The summed E-state index contributed by atoms with van der Waals surface area (Å²) in [6.45, 7) is 0. The van der Waals surface area contributed by atoms with E-state index in [9.17, 15) is 20.1 Å². The summed E-state index contributed by atoms with van der Waals surface area (Å²) in [5, 5.41) is 21.2. The molecule has 46 heavy (non-hydrogen) atoms. The van der Waals surface area contributed by atoms with Gasteiger partial charge in [-0.25, -0.2) is 4.90 Å². The van der Waals surface area contributed by atoms with Crippen LogP contribution < -0.4 is 4.90 Å². The minimum atomic E-state index is -0.445. The van der Waals surface area contributed by atoms with Crippen molar-refractivity contribution < 1.29 is 9.59 Å². The van der Waals surface area contributed by atoms with Crippen LogP contribution in [0.5, 0.6) is 0 Å². The Labute approximate surface area is 264 Å². The molecule has 6 nitrogen and oxygen atoms in total. The Kier molecular flexibility index (Phi) is 6.10. The van der Waals surface area contributed by atoms with Gasteiger partial charge in [-0.2, -0.15) is 10.5 Å². The molecule has 214 valence electrons. The van der Waals surface area contributed by atoms with Crippen LogP contribution in [0.4, 0.5) is 5.69 Å². The first-order valence-electron chi connectivity index (χ1n) is 14.7. The normalized spacial score (nSPS) is 12.3. The molecular weight excluding hydrogens is 568 g/mol. The molecule has 2 amide bonds. The number of amides is 2. The van der Waals surface area contributed by atoms with Crippen molar-refractivity contribution in [3.8, 4) is 40.1 Å². The van der Waals surface area contributed by atoms with Crippen molar-refractivity contribution >= 4 is 39.3 Å². The number of carbonyl (C=O) groups is 2. The molecule has 0 saturated heterocycles. The SMILES string of the molecule is N#Cc1ccc2c3ccc(C#N)cc3n(-c3cccc4c3C(=O)N(c3c(-c5ccccc5)cccc3-c3ccccc3)C4=O)c2c1. The lowest BCUT2D eigenvalue weighted by molar-refractivity contribution is 0.0926. The molecule has 1 aliphatic heterocycles. The maximum Gasteiger partial charge on any atom is 0.268 e. The monoisotopic (exact) mass is 590 g/mol. The molecule has 0 fully saturated rings. The van der Waals surface area contributed by atoms with Crippen LogP contribution in [0.3, 0.4) is 0 Å². The van der Waals surface area contributed by atoms with Gasteiger partial charge in [0, 0.05) is 21.9 Å². The summed E-state index contributed by atoms with van der Waals surface area (Å²) in [6, 6.07) is 45.8. The van der Waals surface area contributed by atoms with Gasteiger partial charge in [-0.05, 0) is 47.5 Å². The van der Waals surface area contributed by atoms with Gasteiger partial charge in [-0.3, -0.25) is 9.59 Å². The number of aromatic nitrogens is 1. The summed E-state index contributed by atoms with van der Waals surface area (Å²) in [6.07, 6.45) is 0. The number of benzene rings is 6. The predicted molar refractivity (Wildman–Crippen MR) is 179 cm³/mol. The molecule has 6 aromatic carbocycles. The van der Waals surface area contributed by atoms with Crippen LogP contribution in [-0.4, -0.2) is 16.4 Å². The number of hydrogen-bond donors (Lipinski definition) is 0. The van der Waals surface area contributed by atoms with Gasteiger partial charge in [0.05, 0.1) is 56.8 Å². The fourth-order valence-electron chi connectivity index (χ4n) is 6.56. The predicted octanol–water partition coefficient (Wildman–Crippen LogP) is 8.66. The van der Waals surface area contributed by atoms with Crippen LogP contribution in [0.1, 0.15) is 31.8 Å². The van der Waals surface area contributed by atoms with E-state index in [0.717, 1.165) is 33.0 Å². The zero-order valence-electron chi connectivity index (χ0n) is 24.3. The quantitative estimate of drug-likeness (QED) is 0.192. The number of para-hydroxylation sites is 1. The highest BCUT2D eigenvalue weighted by Crippen LogP contribution is 2.44. The van der Waals surface area contributed by atoms with Crippen molar-refractivity contribution in [3.63, 3.8) is 0 Å². The second-order valence-electron chi connectivity index (χ2n) is 11.1. The first kappa shape index (κ1) is 26.8. The van der Waals surface area contributed by atoms with E-state index in [1.54, 1.807) is 36.4 Å². The van der Waals surface area contributed by atoms with Gasteiger partial charge in [0.2, 0.25) is 0 Å². The number of fused-ring (bicyclic) bond motifs is 4. The number of hydrogen-bond acceptors (Lipinski definition) is 4. The van der Waals surface area contributed by atoms with Crippen molar-refractivity contribution in [1.82, 2.24) is 4.57 Å². The van der Waals surface area contributed by atoms with Gasteiger partial charge >= 0.3 is 0 Å². The van der Waals surface area contributed by atoms with E-state index >= 15 is 0 Å². The van der Waals surface area contributed by atoms with E-state index in [2.05, 4.69) is 12.1 Å². The standard InChI is InChI=1S/C40H22N4O2/c41-23-25-17-19-31-32-20-18-26(24-42)22-36(32)43(35(31)21-25)34-16-8-15-33-37(34)40(46)44(39(33)45)38-29(27-9-3-1-4-10-27)13-7-14-30(38)28-11-5-2-6-12-28/h1-22H. The summed E-state index contributed by atoms with van der Waals surface area (Å²) >= 11 is 0. The Bertz CT molecular complexity index is 2350. The van der Waals surface area contributed by atoms with E-state index in [4.69, 9.17) is 0 Å². The smallest absolute Gasteiger partial charge is 0.268 e. The topological polar surface area (TPSA) is 89.9 Å². The van der Waals surface area contributed by atoms with Crippen LogP contribution in [0.15, 0.2) is 133 Å². The maximum atomic E-state index is 14.8. The van der Waals surface area contributed by atoms with Gasteiger partial charge in [-0.1, -0.05) is 97.1 Å². The first-order chi connectivity index (χ1) is 22.6. The fraction of sp³-hybridized carbons (Fsp3) is 0. The van der Waals surface area contributed by atoms with E-state index < -0.39 is 11.8 Å². The molecule has 1 aromatic heterocycles. The molecule has 0 atom stereocenters. The molecular formula is C40H22N4O2. The summed E-state index contributed by atoms with van der Waals surface area (Å²) in [4.78, 5) is 30.5. The minimum Gasteiger partial charge on any atom is -0.308 e. The minimum absolute atomic E-state index is 0.262. The third kappa shape index (κ3) is 3.95. The number of nitriles is 2. The Balaban J connectivity index is 1.41. The zero-order chi connectivity index (χ0) is 31.4. The van der Waals surface area contributed by atoms with Crippen LogP contribution >= 0.6 is 0 Å². The van der Waals surface area contributed by atoms with Crippen molar-refractivity contribution in [2.75, 3.05) is 4.90 Å². The lowest BCUT2D eigenvalue weighted by atomic mass is 9.95. The second-order valence-corrected chi connectivity index (χ2v) is 11.1. The average molecular weight is 591 g/mol. The summed E-state index contributed by atoms with van der Waals surface area (Å²) in [5.74, 6) is -0.863. The Morgan fingerprint density at radius 2 is 1.00 bits per heavy atom. The number of nitrogens with zero attached hydrogens (tertiary/aromatic N) is 4. The van der Waals surface area contributed by atoms with Gasteiger partial charge in [0.25, 0.3) is 11.8 Å². The maximum absolute atomic E-state index is 14.8. The third-order valence-corrected chi connectivity index (χ3v) is 8.59. The van der Waals surface area contributed by atoms with Crippen LogP contribution in [-0.2, 0) is 0 Å². The molecule has 7 aromatic rings. The van der Waals surface area contributed by atoms with Crippen molar-refractivity contribution in [2.45, 2.75) is 0 Å². The summed E-state index contributed by atoms with van der Waals surface area (Å²) < 4.78 is 1.89. The highest BCUT2D eigenvalue weighted by Gasteiger charge is 2.41.